The maximum atomic E-state index is 8.95. The van der Waals surface area contributed by atoms with Crippen LogP contribution >= 0.6 is 11.6 Å². The van der Waals surface area contributed by atoms with Gasteiger partial charge in [0.15, 0.2) is 0 Å². The largest absolute Gasteiger partial charge is 0.411 e. The SMILES string of the molecule is O/N=C(/Cn1cnnc1)c1ccc(Cl)cc1. The maximum absolute atomic E-state index is 8.95. The summed E-state index contributed by atoms with van der Waals surface area (Å²) in [7, 11) is 0. The maximum Gasteiger partial charge on any atom is 0.119 e. The summed E-state index contributed by atoms with van der Waals surface area (Å²) in [5.74, 6) is 0. The van der Waals surface area contributed by atoms with Crippen molar-refractivity contribution in [2.75, 3.05) is 0 Å². The molecule has 6 heteroatoms. The minimum absolute atomic E-state index is 0.408. The van der Waals surface area contributed by atoms with Crippen molar-refractivity contribution in [2.24, 2.45) is 5.16 Å². The quantitative estimate of drug-likeness (QED) is 0.502. The number of hydrogen-bond donors (Lipinski definition) is 1. The second-order valence-corrected chi connectivity index (χ2v) is 3.62. The Bertz CT molecular complexity index is 478. The number of nitrogens with zero attached hydrogens (tertiary/aromatic N) is 4. The number of hydrogen-bond acceptors (Lipinski definition) is 4. The second-order valence-electron chi connectivity index (χ2n) is 3.19. The van der Waals surface area contributed by atoms with Crippen molar-refractivity contribution in [1.82, 2.24) is 14.8 Å². The van der Waals surface area contributed by atoms with Crippen LogP contribution in [0, 0.1) is 0 Å². The van der Waals surface area contributed by atoms with Crippen LogP contribution < -0.4 is 0 Å². The Kier molecular flexibility index (Phi) is 3.16. The summed E-state index contributed by atoms with van der Waals surface area (Å²) in [6.07, 6.45) is 3.11. The zero-order chi connectivity index (χ0) is 11.4. The van der Waals surface area contributed by atoms with Crippen molar-refractivity contribution < 1.29 is 5.21 Å². The molecule has 0 aliphatic rings. The molecule has 2 rings (SSSR count). The van der Waals surface area contributed by atoms with E-state index in [0.29, 0.717) is 17.3 Å². The van der Waals surface area contributed by atoms with Gasteiger partial charge in [0, 0.05) is 10.6 Å². The highest BCUT2D eigenvalue weighted by molar-refractivity contribution is 6.30. The third kappa shape index (κ3) is 2.38. The normalized spacial score (nSPS) is 11.7. The minimum atomic E-state index is 0.408. The van der Waals surface area contributed by atoms with Gasteiger partial charge < -0.3 is 9.77 Å². The van der Waals surface area contributed by atoms with Crippen molar-refractivity contribution in [2.45, 2.75) is 6.54 Å². The molecule has 0 aliphatic carbocycles. The first-order valence-electron chi connectivity index (χ1n) is 4.59. The van der Waals surface area contributed by atoms with Crippen LogP contribution in [-0.4, -0.2) is 25.7 Å². The summed E-state index contributed by atoms with van der Waals surface area (Å²) in [6, 6.07) is 7.08. The average molecular weight is 237 g/mol. The van der Waals surface area contributed by atoms with E-state index in [4.69, 9.17) is 16.8 Å². The molecule has 0 fully saturated rings. The topological polar surface area (TPSA) is 63.3 Å². The van der Waals surface area contributed by atoms with E-state index in [2.05, 4.69) is 15.4 Å². The van der Waals surface area contributed by atoms with Crippen molar-refractivity contribution in [3.8, 4) is 0 Å². The van der Waals surface area contributed by atoms with E-state index < -0.39 is 0 Å². The fraction of sp³-hybridized carbons (Fsp3) is 0.100. The van der Waals surface area contributed by atoms with E-state index in [1.807, 2.05) is 0 Å². The molecular weight excluding hydrogens is 228 g/mol. The molecule has 0 spiro atoms. The lowest BCUT2D eigenvalue weighted by Crippen LogP contribution is -2.10. The van der Waals surface area contributed by atoms with Crippen molar-refractivity contribution in [1.29, 1.82) is 0 Å². The van der Waals surface area contributed by atoms with E-state index in [0.717, 1.165) is 5.56 Å². The predicted octanol–water partition coefficient (Wildman–Crippen LogP) is 1.81. The molecule has 1 heterocycles. The summed E-state index contributed by atoms with van der Waals surface area (Å²) < 4.78 is 1.71. The summed E-state index contributed by atoms with van der Waals surface area (Å²) in [5.41, 5.74) is 1.33. The molecule has 1 aromatic carbocycles. The Labute approximate surface area is 97.0 Å². The molecule has 0 aliphatic heterocycles. The Morgan fingerprint density at radius 3 is 2.44 bits per heavy atom. The standard InChI is InChI=1S/C10H9ClN4O/c11-9-3-1-8(2-4-9)10(14-16)5-15-6-12-13-7-15/h1-4,6-7,16H,5H2/b14-10-. The van der Waals surface area contributed by atoms with Crippen LogP contribution in [0.5, 0.6) is 0 Å². The van der Waals surface area contributed by atoms with Crippen molar-refractivity contribution in [3.63, 3.8) is 0 Å². The van der Waals surface area contributed by atoms with E-state index in [1.165, 1.54) is 0 Å². The lowest BCUT2D eigenvalue weighted by Gasteiger charge is -2.04. The zero-order valence-corrected chi connectivity index (χ0v) is 9.04. The van der Waals surface area contributed by atoms with Crippen molar-refractivity contribution in [3.05, 3.63) is 47.5 Å². The highest BCUT2D eigenvalue weighted by Crippen LogP contribution is 2.11. The summed E-state index contributed by atoms with van der Waals surface area (Å²) in [6.45, 7) is 0.408. The van der Waals surface area contributed by atoms with Gasteiger partial charge in [0.1, 0.15) is 18.4 Å². The lowest BCUT2D eigenvalue weighted by molar-refractivity contribution is 0.317. The smallest absolute Gasteiger partial charge is 0.119 e. The molecule has 1 N–H and O–H groups in total. The second kappa shape index (κ2) is 4.76. The van der Waals surface area contributed by atoms with Gasteiger partial charge in [-0.05, 0) is 12.1 Å². The molecule has 0 amide bonds. The average Bonchev–Trinajstić information content (AvgIpc) is 2.80. The molecular formula is C10H9ClN4O. The molecule has 0 bridgehead atoms. The van der Waals surface area contributed by atoms with Gasteiger partial charge in [0.25, 0.3) is 0 Å². The molecule has 82 valence electrons. The van der Waals surface area contributed by atoms with E-state index in [9.17, 15) is 0 Å². The van der Waals surface area contributed by atoms with Gasteiger partial charge in [0.05, 0.1) is 6.54 Å². The van der Waals surface area contributed by atoms with E-state index >= 15 is 0 Å². The van der Waals surface area contributed by atoms with Gasteiger partial charge in [-0.1, -0.05) is 28.9 Å². The highest BCUT2D eigenvalue weighted by atomic mass is 35.5. The van der Waals surface area contributed by atoms with Crippen LogP contribution in [0.3, 0.4) is 0 Å². The number of halogens is 1. The Morgan fingerprint density at radius 1 is 1.25 bits per heavy atom. The van der Waals surface area contributed by atoms with Crippen LogP contribution in [-0.2, 0) is 6.54 Å². The molecule has 0 saturated heterocycles. The predicted molar refractivity (Wildman–Crippen MR) is 59.8 cm³/mol. The van der Waals surface area contributed by atoms with Gasteiger partial charge in [-0.3, -0.25) is 0 Å². The molecule has 0 unspecified atom stereocenters. The van der Waals surface area contributed by atoms with Crippen LogP contribution in [0.25, 0.3) is 0 Å². The molecule has 1 aromatic heterocycles. The Hall–Kier alpha value is -1.88. The first-order chi connectivity index (χ1) is 7.79. The molecule has 0 saturated carbocycles. The fourth-order valence-corrected chi connectivity index (χ4v) is 1.43. The summed E-state index contributed by atoms with van der Waals surface area (Å²) >= 11 is 5.77. The van der Waals surface area contributed by atoms with Crippen LogP contribution in [0.4, 0.5) is 0 Å². The molecule has 0 radical (unpaired) electrons. The monoisotopic (exact) mass is 236 g/mol. The fourth-order valence-electron chi connectivity index (χ4n) is 1.30. The minimum Gasteiger partial charge on any atom is -0.411 e. The summed E-state index contributed by atoms with van der Waals surface area (Å²) in [5, 5.41) is 20.2. The van der Waals surface area contributed by atoms with E-state index in [1.54, 1.807) is 41.5 Å². The van der Waals surface area contributed by atoms with Gasteiger partial charge >= 0.3 is 0 Å². The number of aromatic nitrogens is 3. The highest BCUT2D eigenvalue weighted by Gasteiger charge is 2.05. The van der Waals surface area contributed by atoms with Gasteiger partial charge in [-0.2, -0.15) is 0 Å². The number of oxime groups is 1. The van der Waals surface area contributed by atoms with Crippen LogP contribution in [0.1, 0.15) is 5.56 Å². The Morgan fingerprint density at radius 2 is 1.88 bits per heavy atom. The molecule has 0 atom stereocenters. The Balaban J connectivity index is 2.20. The van der Waals surface area contributed by atoms with Crippen LogP contribution in [0.15, 0.2) is 42.1 Å². The summed E-state index contributed by atoms with van der Waals surface area (Å²) in [4.78, 5) is 0. The van der Waals surface area contributed by atoms with E-state index in [-0.39, 0.29) is 0 Å². The number of benzene rings is 1. The first kappa shape index (κ1) is 10.6. The van der Waals surface area contributed by atoms with Gasteiger partial charge in [-0.15, -0.1) is 10.2 Å². The molecule has 2 aromatic rings. The van der Waals surface area contributed by atoms with Gasteiger partial charge in [0.2, 0.25) is 0 Å². The molecule has 16 heavy (non-hydrogen) atoms. The van der Waals surface area contributed by atoms with Crippen LogP contribution in [0.2, 0.25) is 5.02 Å². The zero-order valence-electron chi connectivity index (χ0n) is 8.29. The number of rotatable bonds is 3. The van der Waals surface area contributed by atoms with Gasteiger partial charge in [-0.25, -0.2) is 0 Å². The third-order valence-electron chi connectivity index (χ3n) is 2.10. The first-order valence-corrected chi connectivity index (χ1v) is 4.96. The lowest BCUT2D eigenvalue weighted by atomic mass is 10.1. The van der Waals surface area contributed by atoms with Crippen molar-refractivity contribution >= 4 is 17.3 Å². The molecule has 5 nitrogen and oxygen atoms in total. The third-order valence-corrected chi connectivity index (χ3v) is 2.35.